The van der Waals surface area contributed by atoms with Gasteiger partial charge in [-0.1, -0.05) is 17.8 Å². The molecule has 1 N–H and O–H groups in total. The Balaban J connectivity index is 1.67. The number of halogens is 2. The van der Waals surface area contributed by atoms with E-state index >= 15 is 0 Å². The topological polar surface area (TPSA) is 80.9 Å². The van der Waals surface area contributed by atoms with Crippen molar-refractivity contribution >= 4 is 23.4 Å². The van der Waals surface area contributed by atoms with Gasteiger partial charge in [0.05, 0.1) is 10.8 Å². The number of nitrogens with zero attached hydrogens (tertiary/aromatic N) is 3. The number of hydrogen-bond donors (Lipinski definition) is 1. The molecule has 0 aliphatic heterocycles. The molecule has 3 rings (SSSR count). The van der Waals surface area contributed by atoms with E-state index in [-0.39, 0.29) is 11.1 Å². The summed E-state index contributed by atoms with van der Waals surface area (Å²) in [5, 5.41) is 9.41. The van der Waals surface area contributed by atoms with Crippen LogP contribution in [0, 0.1) is 11.6 Å². The Labute approximate surface area is 145 Å². The van der Waals surface area contributed by atoms with Crippen LogP contribution >= 0.6 is 11.8 Å². The van der Waals surface area contributed by atoms with E-state index in [1.807, 2.05) is 0 Å². The summed E-state index contributed by atoms with van der Waals surface area (Å²) in [7, 11) is 0. The highest BCUT2D eigenvalue weighted by molar-refractivity contribution is 8.00. The molecule has 25 heavy (non-hydrogen) atoms. The Hall–Kier alpha value is -2.81. The second-order valence-electron chi connectivity index (χ2n) is 4.96. The Morgan fingerprint density at radius 2 is 1.96 bits per heavy atom. The Morgan fingerprint density at radius 3 is 2.64 bits per heavy atom. The standard InChI is InChI=1S/C16H12F2N4O2S/c1-9(14(23)20-13-11(17)5-2-6-12(13)18)25-16-22-21-15(24-16)10-4-3-7-19-8-10/h2-9H,1H3,(H,20,23)/t9-/m1/s1. The lowest BCUT2D eigenvalue weighted by Crippen LogP contribution is -2.23. The first-order valence-electron chi connectivity index (χ1n) is 7.20. The SMILES string of the molecule is C[C@@H](Sc1nnc(-c2cccnc2)o1)C(=O)Nc1c(F)cccc1F. The zero-order valence-corrected chi connectivity index (χ0v) is 13.8. The zero-order chi connectivity index (χ0) is 17.8. The smallest absolute Gasteiger partial charge is 0.277 e. The molecule has 6 nitrogen and oxygen atoms in total. The number of carbonyl (C=O) groups excluding carboxylic acids is 1. The van der Waals surface area contributed by atoms with E-state index in [4.69, 9.17) is 4.42 Å². The van der Waals surface area contributed by atoms with Gasteiger partial charge in [-0.3, -0.25) is 9.78 Å². The molecule has 0 aliphatic rings. The molecule has 0 saturated heterocycles. The predicted octanol–water partition coefficient (Wildman–Crippen LogP) is 3.53. The van der Waals surface area contributed by atoms with E-state index in [0.717, 1.165) is 23.9 Å². The lowest BCUT2D eigenvalue weighted by atomic mass is 10.3. The fraction of sp³-hybridized carbons (Fsp3) is 0.125. The van der Waals surface area contributed by atoms with Crippen LogP contribution < -0.4 is 5.32 Å². The second kappa shape index (κ2) is 7.39. The van der Waals surface area contributed by atoms with Crippen LogP contribution in [0.25, 0.3) is 11.5 Å². The number of thioether (sulfide) groups is 1. The molecule has 0 spiro atoms. The maximum Gasteiger partial charge on any atom is 0.277 e. The minimum atomic E-state index is -0.845. The van der Waals surface area contributed by atoms with Crippen molar-refractivity contribution in [1.82, 2.24) is 15.2 Å². The predicted molar refractivity (Wildman–Crippen MR) is 87.8 cm³/mol. The summed E-state index contributed by atoms with van der Waals surface area (Å²) in [6.45, 7) is 1.56. The number of para-hydroxylation sites is 1. The summed E-state index contributed by atoms with van der Waals surface area (Å²) in [6, 6.07) is 6.83. The number of nitrogens with one attached hydrogen (secondary N) is 1. The van der Waals surface area contributed by atoms with Crippen molar-refractivity contribution in [1.29, 1.82) is 0 Å². The summed E-state index contributed by atoms with van der Waals surface area (Å²) in [5.41, 5.74) is 0.161. The molecule has 2 aromatic heterocycles. The Bertz CT molecular complexity index is 869. The highest BCUT2D eigenvalue weighted by Crippen LogP contribution is 2.27. The van der Waals surface area contributed by atoms with Crippen LogP contribution in [0.4, 0.5) is 14.5 Å². The van der Waals surface area contributed by atoms with Crippen LogP contribution in [0.3, 0.4) is 0 Å². The highest BCUT2D eigenvalue weighted by Gasteiger charge is 2.21. The fourth-order valence-electron chi connectivity index (χ4n) is 1.91. The molecule has 3 aromatic rings. The van der Waals surface area contributed by atoms with Gasteiger partial charge in [0.15, 0.2) is 0 Å². The second-order valence-corrected chi connectivity index (χ2v) is 6.25. The van der Waals surface area contributed by atoms with E-state index in [1.165, 1.54) is 6.07 Å². The summed E-state index contributed by atoms with van der Waals surface area (Å²) in [6.07, 6.45) is 3.18. The molecule has 9 heteroatoms. The van der Waals surface area contributed by atoms with Crippen molar-refractivity contribution in [3.8, 4) is 11.5 Å². The lowest BCUT2D eigenvalue weighted by Gasteiger charge is -2.11. The van der Waals surface area contributed by atoms with Gasteiger partial charge >= 0.3 is 0 Å². The number of pyridine rings is 1. The molecule has 0 fully saturated rings. The summed E-state index contributed by atoms with van der Waals surface area (Å²) in [5.74, 6) is -2.01. The van der Waals surface area contributed by atoms with Gasteiger partial charge in [-0.25, -0.2) is 8.78 Å². The molecule has 0 bridgehead atoms. The number of aromatic nitrogens is 3. The first-order valence-corrected chi connectivity index (χ1v) is 8.08. The van der Waals surface area contributed by atoms with E-state index in [2.05, 4.69) is 20.5 Å². The quantitative estimate of drug-likeness (QED) is 0.700. The lowest BCUT2D eigenvalue weighted by molar-refractivity contribution is -0.115. The average Bonchev–Trinajstić information content (AvgIpc) is 3.07. The number of carbonyl (C=O) groups is 1. The molecular formula is C16H12F2N4O2S. The molecular weight excluding hydrogens is 350 g/mol. The van der Waals surface area contributed by atoms with Gasteiger partial charge in [0.25, 0.3) is 5.22 Å². The molecule has 0 unspecified atom stereocenters. The number of rotatable bonds is 5. The normalized spacial score (nSPS) is 12.0. The largest absolute Gasteiger partial charge is 0.411 e. The molecule has 1 amide bonds. The number of benzene rings is 1. The average molecular weight is 362 g/mol. The van der Waals surface area contributed by atoms with Crippen molar-refractivity contribution in [2.24, 2.45) is 0 Å². The maximum absolute atomic E-state index is 13.6. The Kier molecular flexibility index (Phi) is 5.03. The van der Waals surface area contributed by atoms with Gasteiger partial charge in [0.2, 0.25) is 11.8 Å². The van der Waals surface area contributed by atoms with E-state index in [1.54, 1.807) is 31.5 Å². The van der Waals surface area contributed by atoms with Gasteiger partial charge in [-0.2, -0.15) is 0 Å². The maximum atomic E-state index is 13.6. The van der Waals surface area contributed by atoms with E-state index in [0.29, 0.717) is 5.56 Å². The van der Waals surface area contributed by atoms with Crippen LogP contribution in [0.5, 0.6) is 0 Å². The van der Waals surface area contributed by atoms with E-state index in [9.17, 15) is 13.6 Å². The number of hydrogen-bond acceptors (Lipinski definition) is 6. The molecule has 1 atom stereocenters. The fourth-order valence-corrected chi connectivity index (χ4v) is 2.59. The number of amides is 1. The third-order valence-corrected chi connectivity index (χ3v) is 4.11. The van der Waals surface area contributed by atoms with Gasteiger partial charge in [0, 0.05) is 12.4 Å². The van der Waals surface area contributed by atoms with Crippen LogP contribution in [0.2, 0.25) is 0 Å². The first kappa shape index (κ1) is 17.0. The highest BCUT2D eigenvalue weighted by atomic mass is 32.2. The third kappa shape index (κ3) is 4.00. The third-order valence-electron chi connectivity index (χ3n) is 3.17. The van der Waals surface area contributed by atoms with Crippen molar-refractivity contribution in [3.05, 3.63) is 54.4 Å². The summed E-state index contributed by atoms with van der Waals surface area (Å²) >= 11 is 0.981. The van der Waals surface area contributed by atoms with Crippen molar-refractivity contribution in [2.45, 2.75) is 17.4 Å². The van der Waals surface area contributed by atoms with Crippen LogP contribution in [0.15, 0.2) is 52.4 Å². The van der Waals surface area contributed by atoms with Gasteiger partial charge in [-0.05, 0) is 31.2 Å². The zero-order valence-electron chi connectivity index (χ0n) is 12.9. The van der Waals surface area contributed by atoms with Crippen LogP contribution in [-0.4, -0.2) is 26.3 Å². The minimum absolute atomic E-state index is 0.163. The van der Waals surface area contributed by atoms with Gasteiger partial charge in [0.1, 0.15) is 17.3 Å². The van der Waals surface area contributed by atoms with Crippen molar-refractivity contribution in [3.63, 3.8) is 0 Å². The van der Waals surface area contributed by atoms with Gasteiger partial charge in [-0.15, -0.1) is 10.2 Å². The Morgan fingerprint density at radius 1 is 1.20 bits per heavy atom. The molecule has 0 saturated carbocycles. The first-order chi connectivity index (χ1) is 12.0. The van der Waals surface area contributed by atoms with Crippen molar-refractivity contribution < 1.29 is 18.0 Å². The monoisotopic (exact) mass is 362 g/mol. The molecule has 1 aromatic carbocycles. The van der Waals surface area contributed by atoms with E-state index < -0.39 is 28.5 Å². The summed E-state index contributed by atoms with van der Waals surface area (Å²) in [4.78, 5) is 16.1. The van der Waals surface area contributed by atoms with Crippen molar-refractivity contribution in [2.75, 3.05) is 5.32 Å². The molecule has 2 heterocycles. The van der Waals surface area contributed by atoms with Crippen LogP contribution in [0.1, 0.15) is 6.92 Å². The molecule has 0 aliphatic carbocycles. The summed E-state index contributed by atoms with van der Waals surface area (Å²) < 4.78 is 32.6. The molecule has 128 valence electrons. The minimum Gasteiger partial charge on any atom is -0.411 e. The number of anilines is 1. The van der Waals surface area contributed by atoms with Crippen LogP contribution in [-0.2, 0) is 4.79 Å². The molecule has 0 radical (unpaired) electrons. The van der Waals surface area contributed by atoms with Gasteiger partial charge < -0.3 is 9.73 Å².